The van der Waals surface area contributed by atoms with Crippen molar-refractivity contribution in [1.82, 2.24) is 15.2 Å². The van der Waals surface area contributed by atoms with Crippen LogP contribution in [0, 0.1) is 0 Å². The molecule has 6 nitrogen and oxygen atoms in total. The van der Waals surface area contributed by atoms with Crippen molar-refractivity contribution in [3.8, 4) is 0 Å². The fourth-order valence-corrected chi connectivity index (χ4v) is 3.47. The van der Waals surface area contributed by atoms with Crippen molar-refractivity contribution in [3.05, 3.63) is 50.8 Å². The Labute approximate surface area is 143 Å². The molecule has 2 aromatic heterocycles. The first-order valence-electron chi connectivity index (χ1n) is 7.91. The normalized spacial score (nSPS) is 10.9. The molecule has 0 aliphatic carbocycles. The number of hydrogen-bond donors (Lipinski definition) is 2. The number of aryl methyl sites for hydroxylation is 2. The Balaban J connectivity index is 1.90. The van der Waals surface area contributed by atoms with Crippen LogP contribution in [0.3, 0.4) is 0 Å². The summed E-state index contributed by atoms with van der Waals surface area (Å²) in [7, 11) is 0. The number of para-hydroxylation sites is 1. The largest absolute Gasteiger partial charge is 0.296 e. The van der Waals surface area contributed by atoms with Gasteiger partial charge in [-0.1, -0.05) is 32.4 Å². The van der Waals surface area contributed by atoms with Crippen LogP contribution in [0.1, 0.15) is 41.3 Å². The molecule has 3 rings (SSSR count). The zero-order valence-electron chi connectivity index (χ0n) is 13.5. The Morgan fingerprint density at radius 1 is 1.29 bits per heavy atom. The Hall–Kier alpha value is -2.54. The van der Waals surface area contributed by atoms with Crippen LogP contribution in [0.2, 0.25) is 0 Å². The van der Waals surface area contributed by atoms with E-state index in [1.807, 2.05) is 0 Å². The predicted molar refractivity (Wildman–Crippen MR) is 95.8 cm³/mol. The van der Waals surface area contributed by atoms with Gasteiger partial charge in [-0.25, -0.2) is 4.98 Å². The van der Waals surface area contributed by atoms with Gasteiger partial charge >= 0.3 is 0 Å². The number of H-pyrrole nitrogens is 1. The second kappa shape index (κ2) is 6.92. The fourth-order valence-electron chi connectivity index (χ4n) is 2.53. The molecule has 0 fully saturated rings. The number of fused-ring (bicyclic) bond motifs is 1. The molecule has 124 valence electrons. The Kier molecular flexibility index (Phi) is 4.71. The summed E-state index contributed by atoms with van der Waals surface area (Å²) in [6, 6.07) is 6.97. The van der Waals surface area contributed by atoms with E-state index in [9.17, 15) is 9.59 Å². The van der Waals surface area contributed by atoms with Crippen LogP contribution in [0.5, 0.6) is 0 Å². The van der Waals surface area contributed by atoms with Gasteiger partial charge in [0.15, 0.2) is 10.8 Å². The smallest absolute Gasteiger partial charge is 0.281 e. The van der Waals surface area contributed by atoms with E-state index in [2.05, 4.69) is 34.3 Å². The molecule has 2 N–H and O–H groups in total. The molecule has 1 aromatic carbocycles. The molecule has 0 aliphatic rings. The highest BCUT2D eigenvalue weighted by Gasteiger charge is 2.17. The van der Waals surface area contributed by atoms with Crippen molar-refractivity contribution in [2.24, 2.45) is 0 Å². The third kappa shape index (κ3) is 3.07. The number of aromatic amines is 1. The lowest BCUT2D eigenvalue weighted by Gasteiger charge is -2.02. The number of aromatic nitrogens is 3. The van der Waals surface area contributed by atoms with Crippen LogP contribution in [-0.2, 0) is 12.8 Å². The lowest BCUT2D eigenvalue weighted by Crippen LogP contribution is -2.24. The molecule has 0 unspecified atom stereocenters. The molecule has 0 spiro atoms. The first kappa shape index (κ1) is 16.3. The van der Waals surface area contributed by atoms with Crippen molar-refractivity contribution in [1.29, 1.82) is 0 Å². The number of rotatable bonds is 5. The van der Waals surface area contributed by atoms with Gasteiger partial charge in [0, 0.05) is 10.3 Å². The maximum atomic E-state index is 12.4. The minimum absolute atomic E-state index is 0.154. The Morgan fingerprint density at radius 2 is 2.08 bits per heavy atom. The molecule has 0 saturated heterocycles. The summed E-state index contributed by atoms with van der Waals surface area (Å²) in [6.07, 6.45) is 2.75. The quantitative estimate of drug-likeness (QED) is 0.745. The zero-order valence-corrected chi connectivity index (χ0v) is 14.4. The zero-order chi connectivity index (χ0) is 17.1. The van der Waals surface area contributed by atoms with E-state index in [1.165, 1.54) is 11.3 Å². The third-order valence-corrected chi connectivity index (χ3v) is 4.85. The van der Waals surface area contributed by atoms with Crippen LogP contribution in [0.15, 0.2) is 29.1 Å². The summed E-state index contributed by atoms with van der Waals surface area (Å²) in [5, 5.41) is 10.3. The van der Waals surface area contributed by atoms with Crippen LogP contribution in [0.25, 0.3) is 10.9 Å². The third-order valence-electron chi connectivity index (χ3n) is 3.70. The highest BCUT2D eigenvalue weighted by molar-refractivity contribution is 7.15. The van der Waals surface area contributed by atoms with E-state index < -0.39 is 5.91 Å². The lowest BCUT2D eigenvalue weighted by molar-refractivity contribution is 0.102. The maximum absolute atomic E-state index is 12.4. The molecular formula is C17H18N4O2S. The van der Waals surface area contributed by atoms with Crippen LogP contribution in [0.4, 0.5) is 5.13 Å². The van der Waals surface area contributed by atoms with Crippen molar-refractivity contribution < 1.29 is 4.79 Å². The first-order chi connectivity index (χ1) is 11.6. The van der Waals surface area contributed by atoms with E-state index in [0.717, 1.165) is 29.8 Å². The Bertz CT molecular complexity index is 945. The van der Waals surface area contributed by atoms with Gasteiger partial charge in [0.05, 0.1) is 11.2 Å². The lowest BCUT2D eigenvalue weighted by atomic mass is 10.2. The van der Waals surface area contributed by atoms with Crippen molar-refractivity contribution >= 4 is 33.3 Å². The number of benzene rings is 1. The molecule has 2 heterocycles. The molecule has 24 heavy (non-hydrogen) atoms. The maximum Gasteiger partial charge on any atom is 0.281 e. The van der Waals surface area contributed by atoms with Gasteiger partial charge in [0.1, 0.15) is 0 Å². The molecule has 0 bridgehead atoms. The number of anilines is 1. The topological polar surface area (TPSA) is 87.7 Å². The summed E-state index contributed by atoms with van der Waals surface area (Å²) in [4.78, 5) is 30.5. The first-order valence-corrected chi connectivity index (χ1v) is 8.73. The molecule has 0 saturated carbocycles. The second-order valence-corrected chi connectivity index (χ2v) is 6.48. The SMILES string of the molecule is CCCc1nc(NC(=O)c2n[nH]c3ccccc3c2=O)sc1CC. The van der Waals surface area contributed by atoms with Gasteiger partial charge in [0.25, 0.3) is 5.91 Å². The highest BCUT2D eigenvalue weighted by Crippen LogP contribution is 2.24. The molecular weight excluding hydrogens is 324 g/mol. The molecule has 0 radical (unpaired) electrons. The van der Waals surface area contributed by atoms with E-state index in [-0.39, 0.29) is 11.1 Å². The summed E-state index contributed by atoms with van der Waals surface area (Å²) in [5.41, 5.74) is 1.08. The van der Waals surface area contributed by atoms with E-state index in [4.69, 9.17) is 0 Å². The minimum atomic E-state index is -0.540. The van der Waals surface area contributed by atoms with Crippen molar-refractivity contribution in [2.45, 2.75) is 33.1 Å². The van der Waals surface area contributed by atoms with E-state index in [1.54, 1.807) is 24.3 Å². The van der Waals surface area contributed by atoms with Gasteiger partial charge < -0.3 is 0 Å². The van der Waals surface area contributed by atoms with Gasteiger partial charge in [0.2, 0.25) is 5.43 Å². The molecule has 7 heteroatoms. The number of nitrogens with zero attached hydrogens (tertiary/aromatic N) is 2. The monoisotopic (exact) mass is 342 g/mol. The molecule has 0 atom stereocenters. The van der Waals surface area contributed by atoms with Gasteiger partial charge in [-0.2, -0.15) is 5.10 Å². The van der Waals surface area contributed by atoms with Crippen LogP contribution in [-0.4, -0.2) is 21.1 Å². The molecule has 0 aliphatic heterocycles. The van der Waals surface area contributed by atoms with Crippen molar-refractivity contribution in [3.63, 3.8) is 0 Å². The van der Waals surface area contributed by atoms with Gasteiger partial charge in [-0.3, -0.25) is 20.0 Å². The summed E-state index contributed by atoms with van der Waals surface area (Å²) in [6.45, 7) is 4.16. The highest BCUT2D eigenvalue weighted by atomic mass is 32.1. The van der Waals surface area contributed by atoms with E-state index >= 15 is 0 Å². The average Bonchev–Trinajstić information content (AvgIpc) is 2.97. The van der Waals surface area contributed by atoms with Crippen molar-refractivity contribution in [2.75, 3.05) is 5.32 Å². The standard InChI is InChI=1S/C17H18N4O2S/c1-3-7-12-13(4-2)24-17(18-12)19-16(23)14-15(22)10-8-5-6-9-11(10)20-21-14/h5-6,8-9H,3-4,7H2,1-2H3,(H,20,22)(H,18,19,23). The number of thiazole rings is 1. The number of carbonyl (C=O) groups is 1. The summed E-state index contributed by atoms with van der Waals surface area (Å²) >= 11 is 1.45. The molecule has 3 aromatic rings. The summed E-state index contributed by atoms with van der Waals surface area (Å²) < 4.78 is 0. The van der Waals surface area contributed by atoms with Crippen LogP contribution < -0.4 is 10.7 Å². The number of amides is 1. The number of carbonyl (C=O) groups excluding carboxylic acids is 1. The number of hydrogen-bond acceptors (Lipinski definition) is 5. The minimum Gasteiger partial charge on any atom is -0.296 e. The molecule has 1 amide bonds. The summed E-state index contributed by atoms with van der Waals surface area (Å²) in [5.74, 6) is -0.540. The van der Waals surface area contributed by atoms with E-state index in [0.29, 0.717) is 16.0 Å². The van der Waals surface area contributed by atoms with Gasteiger partial charge in [-0.05, 0) is 25.0 Å². The van der Waals surface area contributed by atoms with Crippen LogP contribution >= 0.6 is 11.3 Å². The second-order valence-electron chi connectivity index (χ2n) is 5.39. The van der Waals surface area contributed by atoms with Gasteiger partial charge in [-0.15, -0.1) is 11.3 Å². The average molecular weight is 342 g/mol. The Morgan fingerprint density at radius 3 is 2.83 bits per heavy atom. The predicted octanol–water partition coefficient (Wildman–Crippen LogP) is 3.15. The fraction of sp³-hybridized carbons (Fsp3) is 0.294. The number of nitrogens with one attached hydrogen (secondary N) is 2.